The highest BCUT2D eigenvalue weighted by molar-refractivity contribution is 6.53. The number of nitrogens with zero attached hydrogens (tertiary/aromatic N) is 1. The first-order valence-electron chi connectivity index (χ1n) is 11.5. The smallest absolute Gasteiger partial charge is 0.343 e. The fourth-order valence-electron chi connectivity index (χ4n) is 4.05. The van der Waals surface area contributed by atoms with Gasteiger partial charge in [-0.2, -0.15) is 0 Å². The number of carbonyl (C=O) groups excluding carboxylic acids is 3. The van der Waals surface area contributed by atoms with Gasteiger partial charge in [0.15, 0.2) is 0 Å². The molecule has 6 nitrogen and oxygen atoms in total. The number of aryl methyl sites for hydroxylation is 2. The Balaban J connectivity index is 1.50. The molecule has 1 aliphatic rings. The van der Waals surface area contributed by atoms with Gasteiger partial charge in [0.25, 0.3) is 11.8 Å². The molecule has 0 aliphatic carbocycles. The molecule has 3 aromatic carbocycles. The van der Waals surface area contributed by atoms with Gasteiger partial charge in [-0.3, -0.25) is 9.59 Å². The number of anilines is 2. The molecular formula is C29H27ClN2O4. The molecule has 0 aromatic heterocycles. The second kappa shape index (κ2) is 9.63. The van der Waals surface area contributed by atoms with E-state index in [9.17, 15) is 14.4 Å². The van der Waals surface area contributed by atoms with Crippen molar-refractivity contribution < 1.29 is 19.1 Å². The largest absolute Gasteiger partial charge is 0.423 e. The molecular weight excluding hydrogens is 476 g/mol. The Labute approximate surface area is 215 Å². The number of benzene rings is 3. The molecule has 0 spiro atoms. The normalized spacial score (nSPS) is 13.9. The van der Waals surface area contributed by atoms with Crippen molar-refractivity contribution in [2.24, 2.45) is 0 Å². The Kier molecular flexibility index (Phi) is 6.74. The van der Waals surface area contributed by atoms with Crippen LogP contribution in [0.4, 0.5) is 11.4 Å². The van der Waals surface area contributed by atoms with Crippen LogP contribution < -0.4 is 15.0 Å². The van der Waals surface area contributed by atoms with Gasteiger partial charge in [-0.15, -0.1) is 0 Å². The summed E-state index contributed by atoms with van der Waals surface area (Å²) in [6, 6.07) is 19.3. The predicted molar refractivity (Wildman–Crippen MR) is 141 cm³/mol. The Hall–Kier alpha value is -3.90. The van der Waals surface area contributed by atoms with E-state index in [-0.39, 0.29) is 16.1 Å². The SMILES string of the molecule is Cc1ccc(N2C(=O)C(Cl)=C(Nc3ccc(C(=O)Oc4ccccc4C(C)(C)C)cc3)C2=O)c(C)c1. The summed E-state index contributed by atoms with van der Waals surface area (Å²) >= 11 is 6.26. The lowest BCUT2D eigenvalue weighted by Crippen LogP contribution is -2.32. The van der Waals surface area contributed by atoms with Gasteiger partial charge in [0, 0.05) is 11.3 Å². The first kappa shape index (κ1) is 25.2. The molecule has 3 aromatic rings. The molecule has 2 amide bonds. The molecule has 1 N–H and O–H groups in total. The molecule has 0 unspecified atom stereocenters. The van der Waals surface area contributed by atoms with Crippen LogP contribution >= 0.6 is 11.6 Å². The summed E-state index contributed by atoms with van der Waals surface area (Å²) in [5.41, 5.74) is 3.86. The van der Waals surface area contributed by atoms with E-state index in [1.54, 1.807) is 36.4 Å². The fraction of sp³-hybridized carbons (Fsp3) is 0.207. The summed E-state index contributed by atoms with van der Waals surface area (Å²) in [4.78, 5) is 39.7. The van der Waals surface area contributed by atoms with Crippen LogP contribution in [-0.2, 0) is 15.0 Å². The Morgan fingerprint density at radius 3 is 2.22 bits per heavy atom. The minimum absolute atomic E-state index is 0.0175. The molecule has 1 heterocycles. The third-order valence-electron chi connectivity index (χ3n) is 5.91. The number of halogens is 1. The molecule has 0 atom stereocenters. The van der Waals surface area contributed by atoms with Gasteiger partial charge in [0.05, 0.1) is 11.3 Å². The summed E-state index contributed by atoms with van der Waals surface area (Å²) in [6.45, 7) is 9.92. The summed E-state index contributed by atoms with van der Waals surface area (Å²) in [5.74, 6) is -1.12. The van der Waals surface area contributed by atoms with Crippen molar-refractivity contribution in [2.75, 3.05) is 10.2 Å². The van der Waals surface area contributed by atoms with E-state index in [0.717, 1.165) is 21.6 Å². The number of amides is 2. The van der Waals surface area contributed by atoms with Crippen molar-refractivity contribution in [3.05, 3.63) is 99.7 Å². The van der Waals surface area contributed by atoms with Crippen molar-refractivity contribution in [3.63, 3.8) is 0 Å². The second-order valence-electron chi connectivity index (χ2n) is 9.76. The topological polar surface area (TPSA) is 75.7 Å². The number of ether oxygens (including phenoxy) is 1. The van der Waals surface area contributed by atoms with Gasteiger partial charge in [-0.1, -0.05) is 68.3 Å². The number of nitrogens with one attached hydrogen (secondary N) is 1. The summed E-state index contributed by atoms with van der Waals surface area (Å²) in [7, 11) is 0. The maximum Gasteiger partial charge on any atom is 0.343 e. The number of esters is 1. The van der Waals surface area contributed by atoms with Gasteiger partial charge in [0.1, 0.15) is 16.5 Å². The highest BCUT2D eigenvalue weighted by atomic mass is 35.5. The minimum atomic E-state index is -0.589. The van der Waals surface area contributed by atoms with Crippen LogP contribution in [0.5, 0.6) is 5.75 Å². The number of rotatable bonds is 5. The molecule has 7 heteroatoms. The molecule has 184 valence electrons. The van der Waals surface area contributed by atoms with Gasteiger partial charge in [0.2, 0.25) is 0 Å². The van der Waals surface area contributed by atoms with Crippen LogP contribution in [0.1, 0.15) is 47.8 Å². The number of imide groups is 1. The van der Waals surface area contributed by atoms with E-state index in [2.05, 4.69) is 26.1 Å². The van der Waals surface area contributed by atoms with Crippen LogP contribution in [0.3, 0.4) is 0 Å². The molecule has 0 fully saturated rings. The number of hydrogen-bond acceptors (Lipinski definition) is 5. The van der Waals surface area contributed by atoms with Crippen molar-refractivity contribution in [1.82, 2.24) is 0 Å². The van der Waals surface area contributed by atoms with E-state index < -0.39 is 17.8 Å². The van der Waals surface area contributed by atoms with E-state index >= 15 is 0 Å². The highest BCUT2D eigenvalue weighted by Crippen LogP contribution is 2.33. The van der Waals surface area contributed by atoms with Gasteiger partial charge in [-0.25, -0.2) is 9.69 Å². The Morgan fingerprint density at radius 2 is 1.58 bits per heavy atom. The zero-order valence-electron chi connectivity index (χ0n) is 20.8. The Bertz CT molecular complexity index is 1400. The van der Waals surface area contributed by atoms with E-state index in [1.165, 1.54) is 0 Å². The lowest BCUT2D eigenvalue weighted by atomic mass is 9.86. The van der Waals surface area contributed by atoms with Gasteiger partial charge < -0.3 is 10.1 Å². The molecule has 1 aliphatic heterocycles. The van der Waals surface area contributed by atoms with Crippen molar-refractivity contribution >= 4 is 40.8 Å². The van der Waals surface area contributed by atoms with E-state index in [1.807, 2.05) is 44.2 Å². The minimum Gasteiger partial charge on any atom is -0.423 e. The van der Waals surface area contributed by atoms with Crippen LogP contribution in [0, 0.1) is 13.8 Å². The maximum absolute atomic E-state index is 13.1. The Morgan fingerprint density at radius 1 is 0.917 bits per heavy atom. The van der Waals surface area contributed by atoms with E-state index in [4.69, 9.17) is 16.3 Å². The quantitative estimate of drug-likeness (QED) is 0.253. The first-order chi connectivity index (χ1) is 17.0. The predicted octanol–water partition coefficient (Wildman–Crippen LogP) is 6.26. The average Bonchev–Trinajstić information content (AvgIpc) is 3.02. The summed E-state index contributed by atoms with van der Waals surface area (Å²) < 4.78 is 5.67. The maximum atomic E-state index is 13.1. The standard InChI is InChI=1S/C29H27ClN2O4/c1-17-10-15-22(18(2)16-17)32-26(33)24(30)25(27(32)34)31-20-13-11-19(12-14-20)28(35)36-23-9-7-6-8-21(23)29(3,4)5/h6-16,31H,1-5H3. The monoisotopic (exact) mass is 502 g/mol. The van der Waals surface area contributed by atoms with Gasteiger partial charge in [-0.05, 0) is 61.2 Å². The third-order valence-corrected chi connectivity index (χ3v) is 6.26. The van der Waals surface area contributed by atoms with Gasteiger partial charge >= 0.3 is 5.97 Å². The lowest BCUT2D eigenvalue weighted by Gasteiger charge is -2.22. The van der Waals surface area contributed by atoms with Crippen LogP contribution in [0.15, 0.2) is 77.5 Å². The van der Waals surface area contributed by atoms with Crippen molar-refractivity contribution in [1.29, 1.82) is 0 Å². The molecule has 36 heavy (non-hydrogen) atoms. The summed E-state index contributed by atoms with van der Waals surface area (Å²) in [6.07, 6.45) is 0. The zero-order valence-corrected chi connectivity index (χ0v) is 21.6. The van der Waals surface area contributed by atoms with Crippen LogP contribution in [-0.4, -0.2) is 17.8 Å². The third kappa shape index (κ3) is 4.90. The van der Waals surface area contributed by atoms with E-state index in [0.29, 0.717) is 22.7 Å². The van der Waals surface area contributed by atoms with Crippen LogP contribution in [0.25, 0.3) is 0 Å². The van der Waals surface area contributed by atoms with Crippen molar-refractivity contribution in [3.8, 4) is 5.75 Å². The fourth-order valence-corrected chi connectivity index (χ4v) is 4.27. The molecule has 0 bridgehead atoms. The van der Waals surface area contributed by atoms with Crippen molar-refractivity contribution in [2.45, 2.75) is 40.0 Å². The number of hydrogen-bond donors (Lipinski definition) is 1. The second-order valence-corrected chi connectivity index (χ2v) is 10.1. The molecule has 0 radical (unpaired) electrons. The zero-order chi connectivity index (χ0) is 26.2. The average molecular weight is 503 g/mol. The number of para-hydroxylation sites is 1. The summed E-state index contributed by atoms with van der Waals surface area (Å²) in [5, 5.41) is 2.74. The van der Waals surface area contributed by atoms with Crippen LogP contribution in [0.2, 0.25) is 0 Å². The first-order valence-corrected chi connectivity index (χ1v) is 11.9. The number of carbonyl (C=O) groups is 3. The molecule has 4 rings (SSSR count). The highest BCUT2D eigenvalue weighted by Gasteiger charge is 2.39. The molecule has 0 saturated heterocycles. The molecule has 0 saturated carbocycles. The lowest BCUT2D eigenvalue weighted by molar-refractivity contribution is -0.120.